The van der Waals surface area contributed by atoms with Crippen molar-refractivity contribution in [3.05, 3.63) is 29.8 Å². The number of urea groups is 1. The number of hydrogen-bond donors (Lipinski definition) is 1. The Morgan fingerprint density at radius 1 is 1.55 bits per heavy atom. The van der Waals surface area contributed by atoms with Gasteiger partial charge in [0.25, 0.3) is 0 Å². The van der Waals surface area contributed by atoms with Gasteiger partial charge in [0.15, 0.2) is 0 Å². The summed E-state index contributed by atoms with van der Waals surface area (Å²) in [5, 5.41) is 3.05. The molecule has 4 heteroatoms. The molecule has 1 aromatic rings. The van der Waals surface area contributed by atoms with Crippen molar-refractivity contribution in [2.45, 2.75) is 45.8 Å². The minimum absolute atomic E-state index is 0.0452. The maximum absolute atomic E-state index is 12.4. The normalized spacial score (nSPS) is 19.6. The monoisotopic (exact) mass is 276 g/mol. The lowest BCUT2D eigenvalue weighted by molar-refractivity contribution is 0.0864. The van der Waals surface area contributed by atoms with Crippen LogP contribution in [0.2, 0.25) is 0 Å². The first-order valence-corrected chi connectivity index (χ1v) is 7.38. The van der Waals surface area contributed by atoms with Crippen LogP contribution >= 0.6 is 0 Å². The molecule has 0 aromatic heterocycles. The van der Waals surface area contributed by atoms with Crippen LogP contribution in [0.25, 0.3) is 0 Å². The average molecular weight is 276 g/mol. The maximum Gasteiger partial charge on any atom is 0.322 e. The second-order valence-corrected chi connectivity index (χ2v) is 5.37. The number of hydrogen-bond acceptors (Lipinski definition) is 2. The summed E-state index contributed by atoms with van der Waals surface area (Å²) in [5.41, 5.74) is 2.09. The molecule has 1 saturated heterocycles. The third-order valence-electron chi connectivity index (χ3n) is 3.75. The molecule has 1 N–H and O–H groups in total. The smallest absolute Gasteiger partial charge is 0.322 e. The van der Waals surface area contributed by atoms with E-state index in [1.54, 1.807) is 4.90 Å². The third kappa shape index (κ3) is 3.51. The molecule has 0 radical (unpaired) electrons. The van der Waals surface area contributed by atoms with Gasteiger partial charge >= 0.3 is 6.03 Å². The summed E-state index contributed by atoms with van der Waals surface area (Å²) in [7, 11) is 0. The van der Waals surface area contributed by atoms with Crippen LogP contribution < -0.4 is 10.2 Å². The van der Waals surface area contributed by atoms with Crippen LogP contribution in [0.1, 0.15) is 32.3 Å². The van der Waals surface area contributed by atoms with Crippen LogP contribution in [0.3, 0.4) is 0 Å². The number of aryl methyl sites for hydroxylation is 1. The van der Waals surface area contributed by atoms with Crippen molar-refractivity contribution in [3.8, 4) is 0 Å². The summed E-state index contributed by atoms with van der Waals surface area (Å²) in [5.74, 6) is 0. The number of anilines is 1. The van der Waals surface area contributed by atoms with Gasteiger partial charge in [-0.05, 0) is 51.3 Å². The Morgan fingerprint density at radius 2 is 2.35 bits per heavy atom. The van der Waals surface area contributed by atoms with Gasteiger partial charge in [-0.3, -0.25) is 4.90 Å². The summed E-state index contributed by atoms with van der Waals surface area (Å²) in [6, 6.07) is 7.99. The first-order chi connectivity index (χ1) is 9.61. The molecule has 1 aliphatic heterocycles. The van der Waals surface area contributed by atoms with Crippen molar-refractivity contribution in [1.29, 1.82) is 0 Å². The van der Waals surface area contributed by atoms with Crippen LogP contribution in [0.15, 0.2) is 24.3 Å². The van der Waals surface area contributed by atoms with Gasteiger partial charge in [-0.2, -0.15) is 0 Å². The van der Waals surface area contributed by atoms with Gasteiger partial charge in [-0.1, -0.05) is 12.1 Å². The van der Waals surface area contributed by atoms with Crippen molar-refractivity contribution in [3.63, 3.8) is 0 Å². The predicted octanol–water partition coefficient (Wildman–Crippen LogP) is 3.10. The highest BCUT2D eigenvalue weighted by Gasteiger charge is 2.25. The van der Waals surface area contributed by atoms with Gasteiger partial charge in [0.2, 0.25) is 0 Å². The van der Waals surface area contributed by atoms with E-state index in [2.05, 4.69) is 5.32 Å². The molecule has 1 heterocycles. The van der Waals surface area contributed by atoms with E-state index in [-0.39, 0.29) is 18.2 Å². The number of ether oxygens (including phenoxy) is 1. The van der Waals surface area contributed by atoms with Crippen LogP contribution in [-0.2, 0) is 4.74 Å². The Kier molecular flexibility index (Phi) is 5.01. The van der Waals surface area contributed by atoms with E-state index in [0.717, 1.165) is 30.7 Å². The molecule has 2 atom stereocenters. The molecule has 2 unspecified atom stereocenters. The Morgan fingerprint density at radius 3 is 2.95 bits per heavy atom. The number of benzene rings is 1. The van der Waals surface area contributed by atoms with Crippen LogP contribution in [0.4, 0.5) is 10.5 Å². The summed E-state index contributed by atoms with van der Waals surface area (Å²) in [6.45, 7) is 7.48. The number of rotatable bonds is 4. The molecule has 0 spiro atoms. The highest BCUT2D eigenvalue weighted by Crippen LogP contribution is 2.18. The average Bonchev–Trinajstić information content (AvgIpc) is 2.93. The van der Waals surface area contributed by atoms with E-state index < -0.39 is 0 Å². The number of nitrogens with one attached hydrogen (secondary N) is 1. The highest BCUT2D eigenvalue weighted by atomic mass is 16.5. The molecular weight excluding hydrogens is 252 g/mol. The molecule has 0 bridgehead atoms. The fraction of sp³-hybridized carbons (Fsp3) is 0.562. The fourth-order valence-electron chi connectivity index (χ4n) is 2.60. The Balaban J connectivity index is 2.01. The van der Waals surface area contributed by atoms with Gasteiger partial charge in [-0.25, -0.2) is 4.79 Å². The molecular formula is C16H24N2O2. The minimum atomic E-state index is -0.0545. The summed E-state index contributed by atoms with van der Waals surface area (Å²) >= 11 is 0. The van der Waals surface area contributed by atoms with E-state index >= 15 is 0 Å². The van der Waals surface area contributed by atoms with Gasteiger partial charge < -0.3 is 10.1 Å². The van der Waals surface area contributed by atoms with Gasteiger partial charge in [0, 0.05) is 18.8 Å². The summed E-state index contributed by atoms with van der Waals surface area (Å²) in [4.78, 5) is 14.2. The molecule has 2 amide bonds. The zero-order valence-corrected chi connectivity index (χ0v) is 12.6. The molecule has 4 nitrogen and oxygen atoms in total. The number of nitrogens with zero attached hydrogens (tertiary/aromatic N) is 1. The number of carbonyl (C=O) groups is 1. The molecule has 0 saturated carbocycles. The van der Waals surface area contributed by atoms with Crippen LogP contribution in [-0.4, -0.2) is 31.3 Å². The SMILES string of the molecule is CCN(C(=O)NC(C)C1CCCO1)c1cccc(C)c1. The van der Waals surface area contributed by atoms with Crippen molar-refractivity contribution in [2.24, 2.45) is 0 Å². The van der Waals surface area contributed by atoms with Crippen molar-refractivity contribution in [2.75, 3.05) is 18.1 Å². The van der Waals surface area contributed by atoms with E-state index in [9.17, 15) is 4.79 Å². The van der Waals surface area contributed by atoms with E-state index in [1.165, 1.54) is 0 Å². The van der Waals surface area contributed by atoms with Gasteiger partial charge in [0.05, 0.1) is 12.1 Å². The first-order valence-electron chi connectivity index (χ1n) is 7.38. The van der Waals surface area contributed by atoms with Crippen LogP contribution in [0.5, 0.6) is 0 Å². The Bertz CT molecular complexity index is 456. The standard InChI is InChI=1S/C16H24N2O2/c1-4-18(14-8-5-7-12(2)11-14)16(19)17-13(3)15-9-6-10-20-15/h5,7-8,11,13,15H,4,6,9-10H2,1-3H3,(H,17,19). The van der Waals surface area contributed by atoms with E-state index in [4.69, 9.17) is 4.74 Å². The quantitative estimate of drug-likeness (QED) is 0.918. The lowest BCUT2D eigenvalue weighted by Gasteiger charge is -2.26. The first kappa shape index (κ1) is 14.9. The Labute approximate surface area is 121 Å². The molecule has 1 aromatic carbocycles. The summed E-state index contributed by atoms with van der Waals surface area (Å²) < 4.78 is 5.62. The van der Waals surface area contributed by atoms with Gasteiger partial charge in [0.1, 0.15) is 0 Å². The number of amides is 2. The fourth-order valence-corrected chi connectivity index (χ4v) is 2.60. The van der Waals surface area contributed by atoms with Gasteiger partial charge in [-0.15, -0.1) is 0 Å². The molecule has 1 aliphatic rings. The second-order valence-electron chi connectivity index (χ2n) is 5.37. The van der Waals surface area contributed by atoms with Crippen molar-refractivity contribution in [1.82, 2.24) is 5.32 Å². The minimum Gasteiger partial charge on any atom is -0.376 e. The third-order valence-corrected chi connectivity index (χ3v) is 3.75. The predicted molar refractivity (Wildman–Crippen MR) is 81.2 cm³/mol. The summed E-state index contributed by atoms with van der Waals surface area (Å²) in [6.07, 6.45) is 2.26. The molecule has 20 heavy (non-hydrogen) atoms. The molecule has 1 fully saturated rings. The second kappa shape index (κ2) is 6.75. The number of carbonyl (C=O) groups excluding carboxylic acids is 1. The lowest BCUT2D eigenvalue weighted by Crippen LogP contribution is -2.48. The highest BCUT2D eigenvalue weighted by molar-refractivity contribution is 5.92. The van der Waals surface area contributed by atoms with E-state index in [0.29, 0.717) is 6.54 Å². The van der Waals surface area contributed by atoms with Crippen molar-refractivity contribution >= 4 is 11.7 Å². The van der Waals surface area contributed by atoms with Crippen LogP contribution in [0, 0.1) is 6.92 Å². The molecule has 0 aliphatic carbocycles. The maximum atomic E-state index is 12.4. The molecule has 110 valence electrons. The van der Waals surface area contributed by atoms with E-state index in [1.807, 2.05) is 45.0 Å². The van der Waals surface area contributed by atoms with Crippen molar-refractivity contribution < 1.29 is 9.53 Å². The zero-order chi connectivity index (χ0) is 14.5. The lowest BCUT2D eigenvalue weighted by atomic mass is 10.1. The Hall–Kier alpha value is -1.55. The molecule has 2 rings (SSSR count). The zero-order valence-electron chi connectivity index (χ0n) is 12.6. The largest absolute Gasteiger partial charge is 0.376 e. The topological polar surface area (TPSA) is 41.6 Å².